The van der Waals surface area contributed by atoms with Crippen LogP contribution in [0.5, 0.6) is 0 Å². The topological polar surface area (TPSA) is 55.8 Å². The molecule has 0 saturated heterocycles. The molecule has 0 aromatic rings. The summed E-state index contributed by atoms with van der Waals surface area (Å²) in [6, 6.07) is 0. The van der Waals surface area contributed by atoms with Gasteiger partial charge in [-0.1, -0.05) is 18.1 Å². The number of hydrogen-bond acceptors (Lipinski definition) is 3. The Morgan fingerprint density at radius 1 is 1.62 bits per heavy atom. The van der Waals surface area contributed by atoms with E-state index in [1.54, 1.807) is 0 Å². The summed E-state index contributed by atoms with van der Waals surface area (Å²) < 4.78 is 19.9. The van der Waals surface area contributed by atoms with Crippen molar-refractivity contribution < 1.29 is 18.5 Å². The first-order valence-electron chi connectivity index (χ1n) is 3.79. The van der Waals surface area contributed by atoms with Crippen LogP contribution in [0.3, 0.4) is 0 Å². The Hall–Kier alpha value is -0.590. The molecule has 0 aromatic heterocycles. The van der Waals surface area contributed by atoms with Crippen LogP contribution in [0.1, 0.15) is 13.3 Å². The Morgan fingerprint density at radius 2 is 2.31 bits per heavy atom. The molecule has 0 radical (unpaired) electrons. The van der Waals surface area contributed by atoms with E-state index in [9.17, 15) is 4.57 Å². The summed E-state index contributed by atoms with van der Waals surface area (Å²) in [7, 11) is -3.93. The van der Waals surface area contributed by atoms with Crippen LogP contribution >= 0.6 is 7.82 Å². The van der Waals surface area contributed by atoms with E-state index < -0.39 is 7.82 Å². The van der Waals surface area contributed by atoms with Gasteiger partial charge >= 0.3 is 7.82 Å². The zero-order valence-corrected chi connectivity index (χ0v) is 8.37. The molecular weight excluding hydrogens is 191 g/mol. The molecule has 0 heterocycles. The molecule has 0 rings (SSSR count). The molecule has 4 nitrogen and oxygen atoms in total. The van der Waals surface area contributed by atoms with Gasteiger partial charge in [0.2, 0.25) is 0 Å². The van der Waals surface area contributed by atoms with E-state index in [0.29, 0.717) is 6.42 Å². The first-order valence-corrected chi connectivity index (χ1v) is 5.28. The third-order valence-corrected chi connectivity index (χ3v) is 2.05. The zero-order valence-electron chi connectivity index (χ0n) is 7.47. The van der Waals surface area contributed by atoms with E-state index in [2.05, 4.69) is 15.0 Å². The summed E-state index contributed by atoms with van der Waals surface area (Å²) in [5.41, 5.74) is 0. The van der Waals surface area contributed by atoms with Crippen LogP contribution in [-0.4, -0.2) is 18.1 Å². The highest BCUT2D eigenvalue weighted by molar-refractivity contribution is 7.47. The molecule has 1 N–H and O–H groups in total. The summed E-state index contributed by atoms with van der Waals surface area (Å²) in [5, 5.41) is 0. The van der Waals surface area contributed by atoms with Gasteiger partial charge in [-0.05, 0) is 13.3 Å². The molecule has 1 unspecified atom stereocenters. The molecule has 0 aromatic carbocycles. The summed E-state index contributed by atoms with van der Waals surface area (Å²) in [6.45, 7) is 1.77. The Labute approximate surface area is 78.2 Å². The smallest absolute Gasteiger partial charge is 0.302 e. The molecule has 0 aliphatic carbocycles. The monoisotopic (exact) mass is 204 g/mol. The van der Waals surface area contributed by atoms with Crippen molar-refractivity contribution in [3.8, 4) is 12.3 Å². The predicted molar refractivity (Wildman–Crippen MR) is 50.0 cm³/mol. The zero-order chi connectivity index (χ0) is 10.2. The van der Waals surface area contributed by atoms with E-state index in [-0.39, 0.29) is 13.2 Å². The van der Waals surface area contributed by atoms with Crippen molar-refractivity contribution in [3.05, 3.63) is 12.2 Å². The van der Waals surface area contributed by atoms with Gasteiger partial charge in [0.25, 0.3) is 0 Å². The van der Waals surface area contributed by atoms with Crippen molar-refractivity contribution in [3.63, 3.8) is 0 Å². The molecule has 74 valence electrons. The second-order valence-electron chi connectivity index (χ2n) is 2.14. The Morgan fingerprint density at radius 3 is 2.85 bits per heavy atom. The molecule has 0 fully saturated rings. The minimum absolute atomic E-state index is 0.142. The van der Waals surface area contributed by atoms with Crippen molar-refractivity contribution >= 4 is 7.82 Å². The van der Waals surface area contributed by atoms with Crippen molar-refractivity contribution in [2.75, 3.05) is 13.2 Å². The highest BCUT2D eigenvalue weighted by Gasteiger charge is 2.19. The lowest BCUT2D eigenvalue weighted by molar-refractivity contribution is 0.165. The third-order valence-electron chi connectivity index (χ3n) is 1.09. The molecular formula is C8H13O4P. The molecule has 0 bridgehead atoms. The van der Waals surface area contributed by atoms with Gasteiger partial charge < -0.3 is 4.89 Å². The van der Waals surface area contributed by atoms with Gasteiger partial charge in [0.1, 0.15) is 6.61 Å². The van der Waals surface area contributed by atoms with Crippen LogP contribution in [0, 0.1) is 12.3 Å². The normalized spacial score (nSPS) is 15.5. The summed E-state index contributed by atoms with van der Waals surface area (Å²) >= 11 is 0. The van der Waals surface area contributed by atoms with Gasteiger partial charge in [0.05, 0.1) is 6.61 Å². The molecule has 13 heavy (non-hydrogen) atoms. The fourth-order valence-electron chi connectivity index (χ4n) is 0.559. The van der Waals surface area contributed by atoms with Crippen molar-refractivity contribution in [2.45, 2.75) is 13.3 Å². The molecule has 0 amide bonds. The van der Waals surface area contributed by atoms with Crippen LogP contribution in [0.25, 0.3) is 0 Å². The van der Waals surface area contributed by atoms with Crippen molar-refractivity contribution in [1.82, 2.24) is 0 Å². The lowest BCUT2D eigenvalue weighted by atomic mass is 10.4. The average Bonchev–Trinajstić information content (AvgIpc) is 2.09. The Balaban J connectivity index is 3.64. The van der Waals surface area contributed by atoms with E-state index in [0.717, 1.165) is 0 Å². The highest BCUT2D eigenvalue weighted by atomic mass is 31.2. The number of phosphoric ester groups is 1. The lowest BCUT2D eigenvalue weighted by Gasteiger charge is -2.08. The first-order chi connectivity index (χ1) is 6.12. The first kappa shape index (κ1) is 12.4. The quantitative estimate of drug-likeness (QED) is 0.310. The van der Waals surface area contributed by atoms with E-state index >= 15 is 0 Å². The minimum Gasteiger partial charge on any atom is -0.302 e. The highest BCUT2D eigenvalue weighted by Crippen LogP contribution is 2.42. The standard InChI is InChI=1S/C8H13O4P/c1-3-5-6-8-12-13(9,10)11-7-4-2/h2-3,5H,6-8H2,1H3,(H,9,10). The average molecular weight is 204 g/mol. The predicted octanol–water partition coefficient (Wildman–Crippen LogP) is 1.72. The van der Waals surface area contributed by atoms with E-state index in [1.807, 2.05) is 19.1 Å². The molecule has 0 spiro atoms. The molecule has 0 saturated carbocycles. The number of terminal acetylenes is 1. The maximum absolute atomic E-state index is 10.9. The van der Waals surface area contributed by atoms with Gasteiger partial charge in [0.15, 0.2) is 0 Å². The van der Waals surface area contributed by atoms with Gasteiger partial charge in [0, 0.05) is 0 Å². The summed E-state index contributed by atoms with van der Waals surface area (Å²) in [4.78, 5) is 8.94. The SMILES string of the molecule is C#CCOP(=O)(O)OCCC=CC. The molecule has 5 heteroatoms. The summed E-state index contributed by atoms with van der Waals surface area (Å²) in [6.07, 6.45) is 9.06. The summed E-state index contributed by atoms with van der Waals surface area (Å²) in [5.74, 6) is 2.08. The van der Waals surface area contributed by atoms with Gasteiger partial charge in [-0.3, -0.25) is 9.05 Å². The molecule has 0 aliphatic rings. The number of phosphoric acid groups is 1. The van der Waals surface area contributed by atoms with Gasteiger partial charge in [-0.25, -0.2) is 4.57 Å². The number of rotatable bonds is 6. The molecule has 0 aliphatic heterocycles. The fraction of sp³-hybridized carbons (Fsp3) is 0.500. The third kappa shape index (κ3) is 7.76. The number of hydrogen-bond donors (Lipinski definition) is 1. The van der Waals surface area contributed by atoms with Crippen LogP contribution in [0.4, 0.5) is 0 Å². The molecule has 1 atom stereocenters. The van der Waals surface area contributed by atoms with Crippen molar-refractivity contribution in [2.24, 2.45) is 0 Å². The lowest BCUT2D eigenvalue weighted by Crippen LogP contribution is -1.96. The Kier molecular flexibility index (Phi) is 6.56. The maximum atomic E-state index is 10.9. The van der Waals surface area contributed by atoms with Gasteiger partial charge in [-0.15, -0.1) is 6.42 Å². The van der Waals surface area contributed by atoms with Crippen LogP contribution < -0.4 is 0 Å². The van der Waals surface area contributed by atoms with Crippen molar-refractivity contribution in [1.29, 1.82) is 0 Å². The van der Waals surface area contributed by atoms with E-state index in [1.165, 1.54) is 0 Å². The van der Waals surface area contributed by atoms with E-state index in [4.69, 9.17) is 11.3 Å². The largest absolute Gasteiger partial charge is 0.473 e. The minimum atomic E-state index is -3.93. The number of allylic oxidation sites excluding steroid dienone is 1. The second kappa shape index (κ2) is 6.88. The van der Waals surface area contributed by atoms with Crippen LogP contribution in [0.2, 0.25) is 0 Å². The van der Waals surface area contributed by atoms with Gasteiger partial charge in [-0.2, -0.15) is 0 Å². The second-order valence-corrected chi connectivity index (χ2v) is 3.59. The fourth-order valence-corrected chi connectivity index (χ4v) is 1.21. The maximum Gasteiger partial charge on any atom is 0.473 e. The Bertz CT molecular complexity index is 241. The van der Waals surface area contributed by atoms with Crippen LogP contribution in [0.15, 0.2) is 12.2 Å². The van der Waals surface area contributed by atoms with Crippen LogP contribution in [-0.2, 0) is 13.6 Å².